The largest absolute Gasteiger partial charge is 0.393 e. The average molecular weight is 565 g/mol. The zero-order valence-corrected chi connectivity index (χ0v) is 23.2. The fraction of sp³-hybridized carbons (Fsp3) is 0.714. The molecule has 0 radical (unpaired) electrons. The summed E-state index contributed by atoms with van der Waals surface area (Å²) in [5.74, 6) is -8.71. The van der Waals surface area contributed by atoms with Crippen molar-refractivity contribution in [2.75, 3.05) is 0 Å². The van der Waals surface area contributed by atoms with Crippen LogP contribution in [0.5, 0.6) is 0 Å². The second-order valence-electron chi connectivity index (χ2n) is 10.9. The molecular weight excluding hydrogens is 528 g/mol. The maximum absolute atomic E-state index is 12.2. The minimum Gasteiger partial charge on any atom is -0.393 e. The Bertz CT molecular complexity index is 1080. The molecule has 12 heteroatoms. The number of hydrogen-bond donors (Lipinski definition) is 0. The van der Waals surface area contributed by atoms with Crippen molar-refractivity contribution in [1.82, 2.24) is 0 Å². The van der Waals surface area contributed by atoms with E-state index in [4.69, 9.17) is 9.47 Å². The summed E-state index contributed by atoms with van der Waals surface area (Å²) in [4.78, 5) is 93.2. The Kier molecular flexibility index (Phi) is 10.3. The van der Waals surface area contributed by atoms with Gasteiger partial charge >= 0.3 is 47.8 Å². The van der Waals surface area contributed by atoms with E-state index in [1.165, 1.54) is 0 Å². The number of cyclic esters (lactones) is 8. The summed E-state index contributed by atoms with van der Waals surface area (Å²) < 4.78 is 18.6. The first-order valence-electron chi connectivity index (χ1n) is 13.9. The van der Waals surface area contributed by atoms with Crippen molar-refractivity contribution >= 4 is 47.8 Å². The molecule has 0 bridgehead atoms. The molecule has 0 aromatic heterocycles. The molecular formula is C28H36O12. The van der Waals surface area contributed by atoms with Crippen molar-refractivity contribution < 1.29 is 57.3 Å². The topological polar surface area (TPSA) is 173 Å². The van der Waals surface area contributed by atoms with E-state index >= 15 is 0 Å². The fourth-order valence-corrected chi connectivity index (χ4v) is 5.78. The van der Waals surface area contributed by atoms with Gasteiger partial charge in [0.25, 0.3) is 0 Å². The van der Waals surface area contributed by atoms with Crippen LogP contribution in [-0.4, -0.2) is 47.8 Å². The predicted octanol–water partition coefficient (Wildman–Crippen LogP) is 2.44. The summed E-state index contributed by atoms with van der Waals surface area (Å²) in [5.41, 5.74) is 0. The van der Waals surface area contributed by atoms with E-state index in [1.54, 1.807) is 13.8 Å². The molecule has 0 aromatic rings. The lowest BCUT2D eigenvalue weighted by Gasteiger charge is -2.18. The van der Waals surface area contributed by atoms with Crippen LogP contribution in [0.3, 0.4) is 0 Å². The summed E-state index contributed by atoms with van der Waals surface area (Å²) in [5, 5.41) is 0. The molecule has 0 amide bonds. The molecule has 0 N–H and O–H groups in total. The third-order valence-corrected chi connectivity index (χ3v) is 8.32. The summed E-state index contributed by atoms with van der Waals surface area (Å²) >= 11 is 0. The smallest absolute Gasteiger partial charge is 0.317 e. The van der Waals surface area contributed by atoms with Crippen LogP contribution in [0.15, 0.2) is 0 Å². The first kappa shape index (κ1) is 31.1. The van der Waals surface area contributed by atoms with Crippen molar-refractivity contribution in [3.63, 3.8) is 0 Å². The van der Waals surface area contributed by atoms with E-state index in [9.17, 15) is 38.4 Å². The number of esters is 8. The Hall–Kier alpha value is -3.44. The van der Waals surface area contributed by atoms with E-state index in [0.717, 1.165) is 12.8 Å². The number of hydrogen-bond acceptors (Lipinski definition) is 12. The molecule has 0 spiro atoms. The van der Waals surface area contributed by atoms with Crippen LogP contribution in [0.1, 0.15) is 79.1 Å². The lowest BCUT2D eigenvalue weighted by Crippen LogP contribution is -2.24. The van der Waals surface area contributed by atoms with E-state index in [2.05, 4.69) is 9.47 Å². The average Bonchev–Trinajstić information content (AvgIpc) is 3.50. The minimum absolute atomic E-state index is 0.188. The van der Waals surface area contributed by atoms with Gasteiger partial charge in [-0.1, -0.05) is 40.5 Å². The number of rotatable bonds is 10. The zero-order chi connectivity index (χ0) is 29.7. The molecule has 4 aliphatic heterocycles. The summed E-state index contributed by atoms with van der Waals surface area (Å²) in [7, 11) is 0. The molecule has 12 nitrogen and oxygen atoms in total. The Morgan fingerprint density at radius 2 is 0.600 bits per heavy atom. The molecule has 4 rings (SSSR count). The van der Waals surface area contributed by atoms with Crippen LogP contribution in [0, 0.1) is 47.3 Å². The van der Waals surface area contributed by atoms with Crippen LogP contribution in [0.4, 0.5) is 0 Å². The van der Waals surface area contributed by atoms with Gasteiger partial charge in [0, 0.05) is 0 Å². The molecule has 7 unspecified atom stereocenters. The molecule has 40 heavy (non-hydrogen) atoms. The van der Waals surface area contributed by atoms with Gasteiger partial charge in [0.15, 0.2) is 0 Å². The standard InChI is InChI=1S/C20H24O9.C8H12O3/c1-3-4-11-12(18(24)28-17(11)23)7-8-14-13(19(25)29-20(14)26)6-5-10-9(2)15(21)27-16(10)22;1-3-4-6-5(2)7(9)11-8(6)10/h9-14H,3-8H2,1-2H3;5-6H,3-4H2,1-2H3/t9-,10?,11?,12?,13?,14?;/m0./s1. The van der Waals surface area contributed by atoms with Crippen LogP contribution < -0.4 is 0 Å². The quantitative estimate of drug-likeness (QED) is 0.216. The highest BCUT2D eigenvalue weighted by molar-refractivity contribution is 5.98. The zero-order valence-electron chi connectivity index (χ0n) is 23.2. The molecule has 0 aliphatic carbocycles. The number of carbonyl (C=O) groups is 8. The van der Waals surface area contributed by atoms with Crippen molar-refractivity contribution in [1.29, 1.82) is 0 Å². The van der Waals surface area contributed by atoms with Crippen LogP contribution in [-0.2, 0) is 57.3 Å². The minimum atomic E-state index is -0.754. The van der Waals surface area contributed by atoms with Crippen LogP contribution in [0.2, 0.25) is 0 Å². The third kappa shape index (κ3) is 6.64. The maximum Gasteiger partial charge on any atom is 0.317 e. The highest BCUT2D eigenvalue weighted by Gasteiger charge is 2.49. The second-order valence-corrected chi connectivity index (χ2v) is 10.9. The van der Waals surface area contributed by atoms with E-state index < -0.39 is 71.3 Å². The normalized spacial score (nSPS) is 33.5. The molecule has 4 fully saturated rings. The summed E-state index contributed by atoms with van der Waals surface area (Å²) in [6, 6.07) is 0. The molecule has 220 valence electrons. The van der Waals surface area contributed by atoms with Gasteiger partial charge in [0.2, 0.25) is 0 Å². The van der Waals surface area contributed by atoms with E-state index in [-0.39, 0.29) is 49.5 Å². The molecule has 4 saturated heterocycles. The van der Waals surface area contributed by atoms with Gasteiger partial charge in [-0.2, -0.15) is 0 Å². The first-order chi connectivity index (χ1) is 18.9. The van der Waals surface area contributed by atoms with Crippen molar-refractivity contribution in [3.05, 3.63) is 0 Å². The van der Waals surface area contributed by atoms with Crippen molar-refractivity contribution in [3.8, 4) is 0 Å². The van der Waals surface area contributed by atoms with Crippen LogP contribution in [0.25, 0.3) is 0 Å². The Labute approximate surface area is 231 Å². The van der Waals surface area contributed by atoms with Crippen LogP contribution >= 0.6 is 0 Å². The molecule has 4 heterocycles. The van der Waals surface area contributed by atoms with E-state index in [1.807, 2.05) is 13.8 Å². The van der Waals surface area contributed by atoms with Gasteiger partial charge in [-0.05, 0) is 38.5 Å². The Morgan fingerprint density at radius 3 is 0.900 bits per heavy atom. The third-order valence-electron chi connectivity index (χ3n) is 8.32. The van der Waals surface area contributed by atoms with E-state index in [0.29, 0.717) is 12.8 Å². The summed E-state index contributed by atoms with van der Waals surface area (Å²) in [6.45, 7) is 7.22. The highest BCUT2D eigenvalue weighted by atomic mass is 16.6. The SMILES string of the molecule is CCCC1C(=O)OC(=O)C1C.CCCC1C(=O)OC(=O)C1CCC1C(=O)OC(=O)C1CCC1C(=O)OC(=O)[C@H]1C. The maximum atomic E-state index is 12.2. The van der Waals surface area contributed by atoms with Gasteiger partial charge in [0.1, 0.15) is 0 Å². The molecule has 4 aliphatic rings. The molecule has 0 saturated carbocycles. The van der Waals surface area contributed by atoms with Gasteiger partial charge in [0.05, 0.1) is 47.3 Å². The van der Waals surface area contributed by atoms with Gasteiger partial charge in [-0.15, -0.1) is 0 Å². The van der Waals surface area contributed by atoms with Crippen molar-refractivity contribution in [2.24, 2.45) is 47.3 Å². The second kappa shape index (κ2) is 13.3. The fourth-order valence-electron chi connectivity index (χ4n) is 5.78. The monoisotopic (exact) mass is 564 g/mol. The Morgan fingerprint density at radius 1 is 0.375 bits per heavy atom. The lowest BCUT2D eigenvalue weighted by atomic mass is 9.79. The predicted molar refractivity (Wildman–Crippen MR) is 132 cm³/mol. The number of ether oxygens (including phenoxy) is 4. The van der Waals surface area contributed by atoms with Gasteiger partial charge in [-0.25, -0.2) is 0 Å². The molecule has 8 atom stereocenters. The molecule has 0 aromatic carbocycles. The number of carbonyl (C=O) groups excluding carboxylic acids is 8. The van der Waals surface area contributed by atoms with Crippen molar-refractivity contribution in [2.45, 2.75) is 79.1 Å². The lowest BCUT2D eigenvalue weighted by molar-refractivity contribution is -0.156. The summed E-state index contributed by atoms with van der Waals surface area (Å²) in [6.07, 6.45) is 3.75. The van der Waals surface area contributed by atoms with Gasteiger partial charge in [-0.3, -0.25) is 38.4 Å². The Balaban J connectivity index is 0.000000336. The highest BCUT2D eigenvalue weighted by Crippen LogP contribution is 2.38. The first-order valence-corrected chi connectivity index (χ1v) is 13.9. The van der Waals surface area contributed by atoms with Gasteiger partial charge < -0.3 is 18.9 Å².